The van der Waals surface area contributed by atoms with E-state index in [4.69, 9.17) is 15.8 Å². The van der Waals surface area contributed by atoms with Crippen molar-refractivity contribution in [1.29, 1.82) is 15.8 Å². The van der Waals surface area contributed by atoms with E-state index in [0.717, 1.165) is 9.37 Å². The first-order valence-corrected chi connectivity index (χ1v) is 7.74. The molecule has 8 heteroatoms. The third-order valence-electron chi connectivity index (χ3n) is 2.51. The Kier molecular flexibility index (Phi) is 5.71. The molecule has 0 aliphatic heterocycles. The summed E-state index contributed by atoms with van der Waals surface area (Å²) in [7, 11) is 0. The SMILES string of the molecule is N#CC(C#N)=C(C#N)Nc1ccc(Sc2ncc(Br)cn2)cc1. The van der Waals surface area contributed by atoms with Gasteiger partial charge in [-0.05, 0) is 52.0 Å². The van der Waals surface area contributed by atoms with Gasteiger partial charge in [0, 0.05) is 23.0 Å². The maximum atomic E-state index is 8.99. The van der Waals surface area contributed by atoms with Crippen molar-refractivity contribution in [2.75, 3.05) is 5.32 Å². The summed E-state index contributed by atoms with van der Waals surface area (Å²) in [6, 6.07) is 12.3. The lowest BCUT2D eigenvalue weighted by molar-refractivity contribution is 0.958. The number of halogens is 1. The molecule has 110 valence electrons. The first-order chi connectivity index (χ1) is 11.2. The summed E-state index contributed by atoms with van der Waals surface area (Å²) in [5.74, 6) is 0. The minimum Gasteiger partial charge on any atom is -0.345 e. The summed E-state index contributed by atoms with van der Waals surface area (Å²) in [4.78, 5) is 9.26. The average molecular weight is 383 g/mol. The van der Waals surface area contributed by atoms with Gasteiger partial charge < -0.3 is 5.32 Å². The number of nitrogens with one attached hydrogen (secondary N) is 1. The van der Waals surface area contributed by atoms with Crippen molar-refractivity contribution in [2.24, 2.45) is 0 Å². The van der Waals surface area contributed by atoms with Crippen LogP contribution in [0.2, 0.25) is 0 Å². The van der Waals surface area contributed by atoms with Crippen molar-refractivity contribution in [3.63, 3.8) is 0 Å². The van der Waals surface area contributed by atoms with Crippen molar-refractivity contribution >= 4 is 33.4 Å². The second-order valence-electron chi connectivity index (χ2n) is 4.02. The van der Waals surface area contributed by atoms with Crippen LogP contribution in [0.4, 0.5) is 5.69 Å². The van der Waals surface area contributed by atoms with Crippen molar-refractivity contribution < 1.29 is 0 Å². The van der Waals surface area contributed by atoms with Crippen molar-refractivity contribution in [2.45, 2.75) is 10.1 Å². The lowest BCUT2D eigenvalue weighted by Crippen LogP contribution is -2.00. The van der Waals surface area contributed by atoms with Crippen LogP contribution in [0, 0.1) is 34.0 Å². The molecule has 1 N–H and O–H groups in total. The average Bonchev–Trinajstić information content (AvgIpc) is 2.58. The number of allylic oxidation sites excluding steroid dienone is 2. The molecule has 0 bridgehead atoms. The Morgan fingerprint density at radius 2 is 1.61 bits per heavy atom. The molecule has 0 unspecified atom stereocenters. The van der Waals surface area contributed by atoms with Gasteiger partial charge in [0.1, 0.15) is 23.9 Å². The van der Waals surface area contributed by atoms with Crippen LogP contribution in [0.1, 0.15) is 0 Å². The first kappa shape index (κ1) is 16.5. The minimum atomic E-state index is -0.255. The van der Waals surface area contributed by atoms with Gasteiger partial charge in [-0.15, -0.1) is 0 Å². The highest BCUT2D eigenvalue weighted by molar-refractivity contribution is 9.10. The molecular weight excluding hydrogens is 376 g/mol. The molecule has 0 fully saturated rings. The Balaban J connectivity index is 2.13. The van der Waals surface area contributed by atoms with Crippen LogP contribution in [0.15, 0.2) is 62.5 Å². The lowest BCUT2D eigenvalue weighted by atomic mass is 10.2. The number of anilines is 1. The molecule has 0 aliphatic carbocycles. The molecule has 1 aromatic carbocycles. The third-order valence-corrected chi connectivity index (χ3v) is 3.83. The van der Waals surface area contributed by atoms with Gasteiger partial charge >= 0.3 is 0 Å². The van der Waals surface area contributed by atoms with E-state index in [-0.39, 0.29) is 11.3 Å². The quantitative estimate of drug-likeness (QED) is 0.634. The highest BCUT2D eigenvalue weighted by Crippen LogP contribution is 2.26. The zero-order valence-corrected chi connectivity index (χ0v) is 13.9. The van der Waals surface area contributed by atoms with Crippen LogP contribution in [0.25, 0.3) is 0 Å². The minimum absolute atomic E-state index is 0.0772. The van der Waals surface area contributed by atoms with Gasteiger partial charge in [-0.1, -0.05) is 0 Å². The zero-order valence-electron chi connectivity index (χ0n) is 11.5. The van der Waals surface area contributed by atoms with Gasteiger partial charge in [0.15, 0.2) is 10.7 Å². The van der Waals surface area contributed by atoms with Crippen LogP contribution in [-0.4, -0.2) is 9.97 Å². The predicted molar refractivity (Wildman–Crippen MR) is 87.8 cm³/mol. The molecule has 23 heavy (non-hydrogen) atoms. The fourth-order valence-electron chi connectivity index (χ4n) is 1.49. The van der Waals surface area contributed by atoms with Crippen molar-refractivity contribution in [3.05, 3.63) is 52.4 Å². The Labute approximate surface area is 145 Å². The standard InChI is InChI=1S/C15H7BrN6S/c16-11-8-20-15(21-9-11)23-13-3-1-12(2-4-13)22-14(7-19)10(5-17)6-18/h1-4,8-9,22H. The molecule has 6 nitrogen and oxygen atoms in total. The molecule has 2 rings (SSSR count). The topological polar surface area (TPSA) is 109 Å². The first-order valence-electron chi connectivity index (χ1n) is 6.13. The van der Waals surface area contributed by atoms with Crippen LogP contribution in [0.5, 0.6) is 0 Å². The maximum Gasteiger partial charge on any atom is 0.192 e. The molecule has 0 spiro atoms. The Morgan fingerprint density at radius 3 is 2.13 bits per heavy atom. The van der Waals surface area contributed by atoms with E-state index in [1.807, 2.05) is 12.1 Å². The van der Waals surface area contributed by atoms with Gasteiger partial charge in [0.25, 0.3) is 0 Å². The Hall–Kier alpha value is -2.86. The highest BCUT2D eigenvalue weighted by Gasteiger charge is 2.06. The van der Waals surface area contributed by atoms with Crippen molar-refractivity contribution in [1.82, 2.24) is 9.97 Å². The zero-order chi connectivity index (χ0) is 16.7. The van der Waals surface area contributed by atoms with E-state index in [2.05, 4.69) is 31.2 Å². The van der Waals surface area contributed by atoms with E-state index in [1.54, 1.807) is 42.7 Å². The monoisotopic (exact) mass is 382 g/mol. The van der Waals surface area contributed by atoms with E-state index in [1.165, 1.54) is 11.8 Å². The van der Waals surface area contributed by atoms with Gasteiger partial charge in [-0.2, -0.15) is 15.8 Å². The molecule has 2 aromatic rings. The molecule has 1 aromatic heterocycles. The number of rotatable bonds is 4. The van der Waals surface area contributed by atoms with Crippen LogP contribution < -0.4 is 5.32 Å². The number of benzene rings is 1. The van der Waals surface area contributed by atoms with Crippen LogP contribution in [0.3, 0.4) is 0 Å². The normalized spacial score (nSPS) is 9.13. The van der Waals surface area contributed by atoms with Gasteiger partial charge in [-0.25, -0.2) is 9.97 Å². The molecule has 0 amide bonds. The maximum absolute atomic E-state index is 8.99. The van der Waals surface area contributed by atoms with E-state index in [9.17, 15) is 0 Å². The number of hydrogen-bond donors (Lipinski definition) is 1. The van der Waals surface area contributed by atoms with Crippen LogP contribution >= 0.6 is 27.7 Å². The lowest BCUT2D eigenvalue weighted by Gasteiger charge is -2.05. The summed E-state index contributed by atoms with van der Waals surface area (Å²) in [6.45, 7) is 0. The number of hydrogen-bond acceptors (Lipinski definition) is 7. The summed E-state index contributed by atoms with van der Waals surface area (Å²) in [5.41, 5.74) is 0.270. The second kappa shape index (κ2) is 7.95. The van der Waals surface area contributed by atoms with E-state index >= 15 is 0 Å². The van der Waals surface area contributed by atoms with Gasteiger partial charge in [-0.3, -0.25) is 0 Å². The fourth-order valence-corrected chi connectivity index (χ4v) is 2.39. The summed E-state index contributed by atoms with van der Waals surface area (Å²) in [6.07, 6.45) is 3.33. The largest absolute Gasteiger partial charge is 0.345 e. The van der Waals surface area contributed by atoms with E-state index in [0.29, 0.717) is 10.8 Å². The van der Waals surface area contributed by atoms with E-state index < -0.39 is 0 Å². The Morgan fingerprint density at radius 1 is 1.00 bits per heavy atom. The molecule has 0 radical (unpaired) electrons. The number of nitrogens with zero attached hydrogens (tertiary/aromatic N) is 5. The molecular formula is C15H7BrN6S. The van der Waals surface area contributed by atoms with Crippen molar-refractivity contribution in [3.8, 4) is 18.2 Å². The molecule has 1 heterocycles. The third kappa shape index (κ3) is 4.55. The summed E-state index contributed by atoms with van der Waals surface area (Å²) >= 11 is 4.67. The second-order valence-corrected chi connectivity index (χ2v) is 5.98. The number of aromatic nitrogens is 2. The van der Waals surface area contributed by atoms with Crippen LogP contribution in [-0.2, 0) is 0 Å². The Bertz CT molecular complexity index is 837. The molecule has 0 saturated carbocycles. The number of nitriles is 3. The fraction of sp³-hybridized carbons (Fsp3) is 0. The highest BCUT2D eigenvalue weighted by atomic mass is 79.9. The summed E-state index contributed by atoms with van der Waals surface area (Å²) in [5, 5.41) is 29.9. The molecule has 0 atom stereocenters. The summed E-state index contributed by atoms with van der Waals surface area (Å²) < 4.78 is 0.808. The smallest absolute Gasteiger partial charge is 0.192 e. The predicted octanol–water partition coefficient (Wildman–Crippen LogP) is 3.63. The van der Waals surface area contributed by atoms with Gasteiger partial charge in [0.05, 0.1) is 4.47 Å². The molecule has 0 aliphatic rings. The molecule has 0 saturated heterocycles. The van der Waals surface area contributed by atoms with Gasteiger partial charge in [0.2, 0.25) is 0 Å².